The van der Waals surface area contributed by atoms with E-state index in [0.29, 0.717) is 12.1 Å². The topological polar surface area (TPSA) is 43.4 Å². The molecule has 116 valence electrons. The summed E-state index contributed by atoms with van der Waals surface area (Å²) in [6.45, 7) is 3.47. The van der Waals surface area contributed by atoms with Crippen LogP contribution in [0.5, 0.6) is 0 Å². The van der Waals surface area contributed by atoms with Crippen LogP contribution in [0.4, 0.5) is 0 Å². The number of pyridine rings is 1. The summed E-state index contributed by atoms with van der Waals surface area (Å²) in [6.07, 6.45) is 9.26. The van der Waals surface area contributed by atoms with E-state index in [4.69, 9.17) is 9.47 Å². The first-order chi connectivity index (χ1) is 10.4. The number of hydrogen-bond donors (Lipinski definition) is 1. The zero-order valence-corrected chi connectivity index (χ0v) is 12.7. The fourth-order valence-electron chi connectivity index (χ4n) is 3.25. The largest absolute Gasteiger partial charge is 0.379 e. The Morgan fingerprint density at radius 2 is 2.33 bits per heavy atom. The molecule has 2 aliphatic rings. The van der Waals surface area contributed by atoms with E-state index in [0.717, 1.165) is 39.2 Å². The Labute approximate surface area is 127 Å². The zero-order valence-electron chi connectivity index (χ0n) is 12.7. The summed E-state index contributed by atoms with van der Waals surface area (Å²) in [7, 11) is 0. The van der Waals surface area contributed by atoms with Gasteiger partial charge in [-0.15, -0.1) is 0 Å². The first-order valence-electron chi connectivity index (χ1n) is 8.30. The smallest absolute Gasteiger partial charge is 0.0809 e. The lowest BCUT2D eigenvalue weighted by molar-refractivity contribution is 0.0165. The third-order valence-electron chi connectivity index (χ3n) is 4.38. The average molecular weight is 290 g/mol. The van der Waals surface area contributed by atoms with Crippen molar-refractivity contribution in [1.82, 2.24) is 10.3 Å². The van der Waals surface area contributed by atoms with Crippen molar-refractivity contribution in [2.24, 2.45) is 0 Å². The Bertz CT molecular complexity index is 433. The molecule has 1 N–H and O–H groups in total. The van der Waals surface area contributed by atoms with Crippen LogP contribution < -0.4 is 5.32 Å². The van der Waals surface area contributed by atoms with Crippen LogP contribution in [0.15, 0.2) is 18.3 Å². The first-order valence-corrected chi connectivity index (χ1v) is 8.30. The standard InChI is InChI=1S/C17H26N2O2/c1-5-14-6-2-9-19-17(14)16(8-1)18-10-4-11-20-13-15-7-3-12-21-15/h2,6,9,15-16,18H,1,3-5,7-8,10-13H2. The first kappa shape index (κ1) is 14.9. The van der Waals surface area contributed by atoms with Crippen LogP contribution in [0.2, 0.25) is 0 Å². The molecule has 0 bridgehead atoms. The van der Waals surface area contributed by atoms with Crippen LogP contribution in [0, 0.1) is 0 Å². The molecule has 0 saturated carbocycles. The predicted octanol–water partition coefficient (Wildman–Crippen LogP) is 2.63. The van der Waals surface area contributed by atoms with Crippen LogP contribution in [0.25, 0.3) is 0 Å². The van der Waals surface area contributed by atoms with Gasteiger partial charge in [0.15, 0.2) is 0 Å². The molecule has 1 aromatic rings. The quantitative estimate of drug-likeness (QED) is 0.784. The highest BCUT2D eigenvalue weighted by Gasteiger charge is 2.20. The van der Waals surface area contributed by atoms with E-state index >= 15 is 0 Å². The molecule has 0 amide bonds. The third-order valence-corrected chi connectivity index (χ3v) is 4.38. The van der Waals surface area contributed by atoms with Crippen molar-refractivity contribution in [3.63, 3.8) is 0 Å². The van der Waals surface area contributed by atoms with Gasteiger partial charge in [0.1, 0.15) is 0 Å². The molecule has 2 heterocycles. The van der Waals surface area contributed by atoms with E-state index in [2.05, 4.69) is 16.4 Å². The van der Waals surface area contributed by atoms with E-state index in [1.807, 2.05) is 12.3 Å². The van der Waals surface area contributed by atoms with Crippen LogP contribution in [-0.4, -0.2) is 37.5 Å². The molecule has 0 aromatic carbocycles. The van der Waals surface area contributed by atoms with E-state index in [1.54, 1.807) is 0 Å². The summed E-state index contributed by atoms with van der Waals surface area (Å²) in [5.41, 5.74) is 2.67. The normalized spacial score (nSPS) is 25.0. The molecule has 2 unspecified atom stereocenters. The number of hydrogen-bond acceptors (Lipinski definition) is 4. The van der Waals surface area contributed by atoms with Crippen molar-refractivity contribution in [3.05, 3.63) is 29.6 Å². The molecule has 1 aromatic heterocycles. The van der Waals surface area contributed by atoms with Gasteiger partial charge in [0.05, 0.1) is 18.4 Å². The summed E-state index contributed by atoms with van der Waals surface area (Å²) in [4.78, 5) is 4.56. The summed E-state index contributed by atoms with van der Waals surface area (Å²) in [5, 5.41) is 3.63. The molecule has 1 saturated heterocycles. The number of nitrogens with zero attached hydrogens (tertiary/aromatic N) is 1. The van der Waals surface area contributed by atoms with Gasteiger partial charge < -0.3 is 14.8 Å². The Kier molecular flexibility index (Phi) is 5.60. The lowest BCUT2D eigenvalue weighted by Crippen LogP contribution is -2.27. The Hall–Kier alpha value is -0.970. The predicted molar refractivity (Wildman–Crippen MR) is 82.3 cm³/mol. The number of aryl methyl sites for hydroxylation is 1. The summed E-state index contributed by atoms with van der Waals surface area (Å²) >= 11 is 0. The van der Waals surface area contributed by atoms with Crippen molar-refractivity contribution < 1.29 is 9.47 Å². The SMILES string of the molecule is c1cnc2c(c1)CCCC2NCCCOCC1CCCO1. The Balaban J connectivity index is 1.32. The van der Waals surface area contributed by atoms with Gasteiger partial charge in [0.2, 0.25) is 0 Å². The van der Waals surface area contributed by atoms with Crippen molar-refractivity contribution >= 4 is 0 Å². The molecule has 21 heavy (non-hydrogen) atoms. The molecule has 1 aliphatic heterocycles. The Morgan fingerprint density at radius 1 is 1.33 bits per heavy atom. The van der Waals surface area contributed by atoms with Crippen LogP contribution in [-0.2, 0) is 15.9 Å². The highest BCUT2D eigenvalue weighted by molar-refractivity contribution is 5.25. The van der Waals surface area contributed by atoms with Crippen molar-refractivity contribution in [1.29, 1.82) is 0 Å². The second kappa shape index (κ2) is 7.87. The summed E-state index contributed by atoms with van der Waals surface area (Å²) < 4.78 is 11.2. The molecule has 1 fully saturated rings. The van der Waals surface area contributed by atoms with Gasteiger partial charge in [-0.05, 0) is 56.7 Å². The number of aromatic nitrogens is 1. The van der Waals surface area contributed by atoms with Gasteiger partial charge in [0, 0.05) is 25.5 Å². The number of nitrogens with one attached hydrogen (secondary N) is 1. The number of rotatable bonds is 7. The lowest BCUT2D eigenvalue weighted by atomic mass is 9.92. The van der Waals surface area contributed by atoms with Crippen LogP contribution in [0.1, 0.15) is 49.4 Å². The molecule has 3 rings (SSSR count). The highest BCUT2D eigenvalue weighted by Crippen LogP contribution is 2.27. The van der Waals surface area contributed by atoms with Gasteiger partial charge in [-0.1, -0.05) is 6.07 Å². The van der Waals surface area contributed by atoms with E-state index in [1.165, 1.54) is 36.9 Å². The minimum atomic E-state index is 0.340. The van der Waals surface area contributed by atoms with Crippen LogP contribution >= 0.6 is 0 Å². The second-order valence-electron chi connectivity index (χ2n) is 6.01. The van der Waals surface area contributed by atoms with Crippen molar-refractivity contribution in [3.8, 4) is 0 Å². The van der Waals surface area contributed by atoms with Crippen LogP contribution in [0.3, 0.4) is 0 Å². The van der Waals surface area contributed by atoms with E-state index in [9.17, 15) is 0 Å². The number of ether oxygens (including phenoxy) is 2. The fourth-order valence-corrected chi connectivity index (χ4v) is 3.25. The molecule has 4 nitrogen and oxygen atoms in total. The molecule has 0 spiro atoms. The van der Waals surface area contributed by atoms with Gasteiger partial charge in [-0.3, -0.25) is 4.98 Å². The number of fused-ring (bicyclic) bond motifs is 1. The minimum absolute atomic E-state index is 0.340. The maximum atomic E-state index is 5.70. The second-order valence-corrected chi connectivity index (χ2v) is 6.01. The molecule has 2 atom stereocenters. The van der Waals surface area contributed by atoms with E-state index in [-0.39, 0.29) is 0 Å². The van der Waals surface area contributed by atoms with Gasteiger partial charge in [-0.25, -0.2) is 0 Å². The maximum Gasteiger partial charge on any atom is 0.0809 e. The molecule has 0 radical (unpaired) electrons. The zero-order chi connectivity index (χ0) is 14.3. The lowest BCUT2D eigenvalue weighted by Gasteiger charge is -2.25. The van der Waals surface area contributed by atoms with Gasteiger partial charge in [0.25, 0.3) is 0 Å². The summed E-state index contributed by atoms with van der Waals surface area (Å²) in [6, 6.07) is 4.68. The molecular formula is C17H26N2O2. The summed E-state index contributed by atoms with van der Waals surface area (Å²) in [5.74, 6) is 0. The fraction of sp³-hybridized carbons (Fsp3) is 0.706. The molecule has 4 heteroatoms. The highest BCUT2D eigenvalue weighted by atomic mass is 16.5. The molecular weight excluding hydrogens is 264 g/mol. The van der Waals surface area contributed by atoms with Crippen molar-refractivity contribution in [2.45, 2.75) is 50.7 Å². The maximum absolute atomic E-state index is 5.70. The molecule has 1 aliphatic carbocycles. The third kappa shape index (κ3) is 4.25. The Morgan fingerprint density at radius 3 is 3.24 bits per heavy atom. The van der Waals surface area contributed by atoms with Gasteiger partial charge >= 0.3 is 0 Å². The van der Waals surface area contributed by atoms with Crippen molar-refractivity contribution in [2.75, 3.05) is 26.4 Å². The van der Waals surface area contributed by atoms with Gasteiger partial charge in [-0.2, -0.15) is 0 Å². The van der Waals surface area contributed by atoms with E-state index < -0.39 is 0 Å². The monoisotopic (exact) mass is 290 g/mol. The minimum Gasteiger partial charge on any atom is -0.379 e. The average Bonchev–Trinajstić information content (AvgIpc) is 3.04.